The van der Waals surface area contributed by atoms with Gasteiger partial charge < -0.3 is 9.84 Å². The zero-order chi connectivity index (χ0) is 10.1. The third-order valence-electron chi connectivity index (χ3n) is 1.88. The molecule has 1 aromatic heterocycles. The molecule has 0 unspecified atom stereocenters. The number of nitrogens with zero attached hydrogens (tertiary/aromatic N) is 2. The van der Waals surface area contributed by atoms with Gasteiger partial charge in [0, 0.05) is 22.4 Å². The van der Waals surface area contributed by atoms with E-state index in [1.165, 1.54) is 7.11 Å². The maximum absolute atomic E-state index is 10.9. The predicted octanol–water partition coefficient (Wildman–Crippen LogP) is 0.662. The second kappa shape index (κ2) is 4.43. The van der Waals surface area contributed by atoms with E-state index in [1.54, 1.807) is 12.1 Å². The number of hydrogen-bond acceptors (Lipinski definition) is 4. The summed E-state index contributed by atoms with van der Waals surface area (Å²) in [6.45, 7) is 0. The Hall–Kier alpha value is -1.37. The summed E-state index contributed by atoms with van der Waals surface area (Å²) >= 11 is 0. The van der Waals surface area contributed by atoms with Crippen LogP contribution in [-0.4, -0.2) is 33.6 Å². The summed E-state index contributed by atoms with van der Waals surface area (Å²) in [5, 5.41) is 18.9. The monoisotopic (exact) mass is 300 g/mol. The van der Waals surface area contributed by atoms with Crippen molar-refractivity contribution in [1.29, 1.82) is 0 Å². The predicted molar refractivity (Wildman–Crippen MR) is 47.4 cm³/mol. The number of aromatic amines is 1. The minimum absolute atomic E-state index is 0. The van der Waals surface area contributed by atoms with E-state index in [4.69, 9.17) is 9.84 Å². The van der Waals surface area contributed by atoms with Crippen LogP contribution in [-0.2, 0) is 22.4 Å². The van der Waals surface area contributed by atoms with Crippen LogP contribution in [0.5, 0.6) is 5.75 Å². The van der Waals surface area contributed by atoms with Crippen molar-refractivity contribution in [3.05, 3.63) is 17.7 Å². The first-order valence-corrected chi connectivity index (χ1v) is 3.85. The van der Waals surface area contributed by atoms with Gasteiger partial charge in [-0.2, -0.15) is 15.4 Å². The van der Waals surface area contributed by atoms with Crippen LogP contribution >= 0.6 is 0 Å². The molecule has 2 aromatic rings. The van der Waals surface area contributed by atoms with E-state index in [-0.39, 0.29) is 33.7 Å². The molecule has 0 spiro atoms. The second-order valence-corrected chi connectivity index (χ2v) is 2.64. The van der Waals surface area contributed by atoms with E-state index >= 15 is 0 Å². The summed E-state index contributed by atoms with van der Waals surface area (Å²) in [6, 6.07) is 3.19. The van der Waals surface area contributed by atoms with Gasteiger partial charge in [-0.15, -0.1) is 0 Å². The molecule has 7 heteroatoms. The average Bonchev–Trinajstić information content (AvgIpc) is 2.62. The van der Waals surface area contributed by atoms with Crippen LogP contribution in [0.3, 0.4) is 0 Å². The molecule has 0 aliphatic heterocycles. The van der Waals surface area contributed by atoms with Crippen LogP contribution < -0.4 is 4.74 Å². The van der Waals surface area contributed by atoms with Crippen LogP contribution in [0.15, 0.2) is 12.1 Å². The van der Waals surface area contributed by atoms with E-state index in [9.17, 15) is 4.79 Å². The molecule has 0 saturated heterocycles. The number of methoxy groups -OCH3 is 1. The SMILES string of the molecule is COc1ccc2n[nH]nc2c1C(=O)O.[Ag]. The fourth-order valence-corrected chi connectivity index (χ4v) is 1.27. The number of carbonyl (C=O) groups is 1. The number of fused-ring (bicyclic) bond motifs is 1. The first-order chi connectivity index (χ1) is 6.74. The van der Waals surface area contributed by atoms with Crippen molar-refractivity contribution in [2.24, 2.45) is 0 Å². The summed E-state index contributed by atoms with van der Waals surface area (Å²) in [4.78, 5) is 10.9. The molecule has 1 aromatic carbocycles. The van der Waals surface area contributed by atoms with Gasteiger partial charge in [0.25, 0.3) is 0 Å². The van der Waals surface area contributed by atoms with Gasteiger partial charge in [0.05, 0.1) is 7.11 Å². The zero-order valence-electron chi connectivity index (χ0n) is 7.61. The molecular weight excluding hydrogens is 294 g/mol. The van der Waals surface area contributed by atoms with Gasteiger partial charge in [0.1, 0.15) is 22.3 Å². The van der Waals surface area contributed by atoms with Crippen molar-refractivity contribution >= 4 is 17.0 Å². The fourth-order valence-electron chi connectivity index (χ4n) is 1.27. The van der Waals surface area contributed by atoms with E-state index in [2.05, 4.69) is 15.4 Å². The van der Waals surface area contributed by atoms with Gasteiger partial charge in [-0.1, -0.05) is 0 Å². The van der Waals surface area contributed by atoms with Crippen LogP contribution in [0.25, 0.3) is 11.0 Å². The molecule has 1 radical (unpaired) electrons. The Bertz CT molecular complexity index is 497. The number of nitrogens with one attached hydrogen (secondary N) is 1. The molecule has 1 heterocycles. The molecule has 2 rings (SSSR count). The molecule has 15 heavy (non-hydrogen) atoms. The second-order valence-electron chi connectivity index (χ2n) is 2.64. The van der Waals surface area contributed by atoms with Crippen molar-refractivity contribution in [1.82, 2.24) is 15.4 Å². The average molecular weight is 301 g/mol. The third kappa shape index (κ3) is 1.87. The van der Waals surface area contributed by atoms with Gasteiger partial charge in [-0.05, 0) is 12.1 Å². The van der Waals surface area contributed by atoms with Crippen molar-refractivity contribution in [3.8, 4) is 5.75 Å². The summed E-state index contributed by atoms with van der Waals surface area (Å²) < 4.78 is 4.92. The minimum Gasteiger partial charge on any atom is -0.496 e. The molecule has 0 amide bonds. The molecule has 0 saturated carbocycles. The Morgan fingerprint density at radius 2 is 2.20 bits per heavy atom. The molecule has 0 aliphatic carbocycles. The van der Waals surface area contributed by atoms with E-state index in [0.29, 0.717) is 11.0 Å². The van der Waals surface area contributed by atoms with E-state index in [0.717, 1.165) is 0 Å². The van der Waals surface area contributed by atoms with Gasteiger partial charge in [0.15, 0.2) is 0 Å². The number of ether oxygens (including phenoxy) is 1. The molecule has 83 valence electrons. The minimum atomic E-state index is -1.08. The Morgan fingerprint density at radius 3 is 2.80 bits per heavy atom. The van der Waals surface area contributed by atoms with Crippen molar-refractivity contribution in [3.63, 3.8) is 0 Å². The molecule has 0 atom stereocenters. The number of rotatable bonds is 2. The quantitative estimate of drug-likeness (QED) is 0.796. The zero-order valence-corrected chi connectivity index (χ0v) is 9.10. The van der Waals surface area contributed by atoms with Crippen LogP contribution in [0, 0.1) is 0 Å². The van der Waals surface area contributed by atoms with Crippen LogP contribution in [0.4, 0.5) is 0 Å². The normalized spacial score (nSPS) is 9.67. The van der Waals surface area contributed by atoms with Crippen molar-refractivity contribution in [2.75, 3.05) is 7.11 Å². The molecule has 6 nitrogen and oxygen atoms in total. The topological polar surface area (TPSA) is 88.1 Å². The number of aromatic carboxylic acids is 1. The molecule has 0 fully saturated rings. The van der Waals surface area contributed by atoms with Gasteiger partial charge >= 0.3 is 5.97 Å². The van der Waals surface area contributed by atoms with Gasteiger partial charge in [-0.3, -0.25) is 0 Å². The number of benzene rings is 1. The smallest absolute Gasteiger partial charge is 0.341 e. The van der Waals surface area contributed by atoms with Gasteiger partial charge in [-0.25, -0.2) is 4.79 Å². The Balaban J connectivity index is 0.00000112. The Labute approximate surface area is 100 Å². The molecule has 0 bridgehead atoms. The van der Waals surface area contributed by atoms with Crippen LogP contribution in [0.1, 0.15) is 10.4 Å². The van der Waals surface area contributed by atoms with E-state index < -0.39 is 5.97 Å². The largest absolute Gasteiger partial charge is 0.496 e. The Morgan fingerprint density at radius 1 is 1.47 bits per heavy atom. The van der Waals surface area contributed by atoms with Crippen molar-refractivity contribution in [2.45, 2.75) is 0 Å². The van der Waals surface area contributed by atoms with E-state index in [1.807, 2.05) is 0 Å². The fraction of sp³-hybridized carbons (Fsp3) is 0.125. The standard InChI is InChI=1S/C8H7N3O3.Ag/c1-14-5-3-2-4-7(10-11-9-4)6(5)8(12)13;/h2-3H,1H3,(H,12,13)(H,9,10,11);. The number of H-pyrrole nitrogens is 1. The molecular formula is C8H7AgN3O3. The van der Waals surface area contributed by atoms with Gasteiger partial charge in [0.2, 0.25) is 0 Å². The first-order valence-electron chi connectivity index (χ1n) is 3.85. The maximum Gasteiger partial charge on any atom is 0.341 e. The number of carboxylic acids is 1. The third-order valence-corrected chi connectivity index (χ3v) is 1.88. The Kier molecular flexibility index (Phi) is 3.46. The number of hydrogen-bond donors (Lipinski definition) is 2. The van der Waals surface area contributed by atoms with Crippen molar-refractivity contribution < 1.29 is 37.0 Å². The number of aromatic nitrogens is 3. The summed E-state index contributed by atoms with van der Waals surface area (Å²) in [6.07, 6.45) is 0. The summed E-state index contributed by atoms with van der Waals surface area (Å²) in [5.41, 5.74) is 0.832. The molecule has 2 N–H and O–H groups in total. The number of carboxylic acid groups (broad SMARTS) is 1. The van der Waals surface area contributed by atoms with Crippen LogP contribution in [0.2, 0.25) is 0 Å². The molecule has 0 aliphatic rings. The maximum atomic E-state index is 10.9. The first kappa shape index (κ1) is 11.7. The summed E-state index contributed by atoms with van der Waals surface area (Å²) in [7, 11) is 1.41. The summed E-state index contributed by atoms with van der Waals surface area (Å²) in [5.74, 6) is -0.805.